The molecule has 5 nitrogen and oxygen atoms in total. The Kier molecular flexibility index (Phi) is 4.90. The van der Waals surface area contributed by atoms with Gasteiger partial charge in [-0.15, -0.1) is 0 Å². The molecule has 0 spiro atoms. The van der Waals surface area contributed by atoms with E-state index in [1.807, 2.05) is 23.1 Å². The predicted molar refractivity (Wildman–Crippen MR) is 91.8 cm³/mol. The summed E-state index contributed by atoms with van der Waals surface area (Å²) in [5.41, 5.74) is 1.37. The highest BCUT2D eigenvalue weighted by Gasteiger charge is 2.33. The van der Waals surface area contributed by atoms with Crippen LogP contribution in [0.2, 0.25) is 5.15 Å². The van der Waals surface area contributed by atoms with Gasteiger partial charge in [0.25, 0.3) is 5.91 Å². The minimum atomic E-state index is -0.111. The van der Waals surface area contributed by atoms with E-state index in [1.54, 1.807) is 32.5 Å². The molecule has 1 aromatic carbocycles. The molecule has 1 aliphatic rings. The molecule has 0 aliphatic carbocycles. The lowest BCUT2D eigenvalue weighted by molar-refractivity contribution is 0.0733. The van der Waals surface area contributed by atoms with Crippen molar-refractivity contribution in [2.75, 3.05) is 20.8 Å². The summed E-state index contributed by atoms with van der Waals surface area (Å²) in [6, 6.07) is 9.00. The Hall–Kier alpha value is -2.27. The largest absolute Gasteiger partial charge is 0.497 e. The van der Waals surface area contributed by atoms with Crippen LogP contribution in [0.4, 0.5) is 0 Å². The number of methoxy groups -OCH3 is 2. The summed E-state index contributed by atoms with van der Waals surface area (Å²) in [5, 5.41) is 0.228. The van der Waals surface area contributed by atoms with Crippen LogP contribution in [-0.2, 0) is 0 Å². The van der Waals surface area contributed by atoms with Crippen molar-refractivity contribution in [3.63, 3.8) is 0 Å². The SMILES string of the molecule is COc1ccc(OC)c(C2CCCN2C(=O)c2cccnc2Cl)c1. The number of ether oxygens (including phenoxy) is 2. The molecule has 1 fully saturated rings. The number of benzene rings is 1. The van der Waals surface area contributed by atoms with Gasteiger partial charge in [0.05, 0.1) is 25.8 Å². The predicted octanol–water partition coefficient (Wildman–Crippen LogP) is 3.73. The Morgan fingerprint density at radius 1 is 1.29 bits per heavy atom. The summed E-state index contributed by atoms with van der Waals surface area (Å²) >= 11 is 6.09. The van der Waals surface area contributed by atoms with Crippen LogP contribution in [0, 0.1) is 0 Å². The van der Waals surface area contributed by atoms with Gasteiger partial charge in [0.2, 0.25) is 0 Å². The lowest BCUT2D eigenvalue weighted by atomic mass is 10.0. The molecule has 6 heteroatoms. The molecule has 1 aliphatic heterocycles. The Bertz CT molecular complexity index is 751. The third-order valence-corrected chi connectivity index (χ3v) is 4.60. The van der Waals surface area contributed by atoms with E-state index in [0.717, 1.165) is 29.9 Å². The molecule has 1 unspecified atom stereocenters. The molecule has 3 rings (SSSR count). The van der Waals surface area contributed by atoms with Gasteiger partial charge in [-0.1, -0.05) is 11.6 Å². The average molecular weight is 347 g/mol. The van der Waals surface area contributed by atoms with Gasteiger partial charge < -0.3 is 14.4 Å². The quantitative estimate of drug-likeness (QED) is 0.791. The number of rotatable bonds is 4. The van der Waals surface area contributed by atoms with Crippen molar-refractivity contribution < 1.29 is 14.3 Å². The van der Waals surface area contributed by atoms with Crippen LogP contribution < -0.4 is 9.47 Å². The second-order valence-corrected chi connectivity index (χ2v) is 5.96. The maximum atomic E-state index is 12.9. The third kappa shape index (κ3) is 3.04. The fourth-order valence-electron chi connectivity index (χ4n) is 3.13. The second-order valence-electron chi connectivity index (χ2n) is 5.61. The zero-order chi connectivity index (χ0) is 17.1. The number of aromatic nitrogens is 1. The number of nitrogens with zero attached hydrogens (tertiary/aromatic N) is 2. The van der Waals surface area contributed by atoms with E-state index in [0.29, 0.717) is 12.1 Å². The summed E-state index contributed by atoms with van der Waals surface area (Å²) in [7, 11) is 3.25. The zero-order valence-electron chi connectivity index (χ0n) is 13.7. The van der Waals surface area contributed by atoms with Crippen LogP contribution in [0.5, 0.6) is 11.5 Å². The molecule has 1 amide bonds. The van der Waals surface area contributed by atoms with Gasteiger partial charge >= 0.3 is 0 Å². The number of likely N-dealkylation sites (tertiary alicyclic amines) is 1. The molecule has 0 saturated carbocycles. The standard InChI is InChI=1S/C18H19ClN2O3/c1-23-12-7-8-16(24-2)14(11-12)15-6-4-10-21(15)18(22)13-5-3-9-20-17(13)19/h3,5,7-9,11,15H,4,6,10H2,1-2H3. The molecule has 0 radical (unpaired) electrons. The maximum absolute atomic E-state index is 12.9. The summed E-state index contributed by atoms with van der Waals surface area (Å²) in [6.45, 7) is 0.676. The number of hydrogen-bond donors (Lipinski definition) is 0. The van der Waals surface area contributed by atoms with E-state index in [2.05, 4.69) is 4.98 Å². The molecule has 1 saturated heterocycles. The molecule has 126 valence electrons. The van der Waals surface area contributed by atoms with Gasteiger partial charge in [-0.25, -0.2) is 4.98 Å². The van der Waals surface area contributed by atoms with E-state index in [1.165, 1.54) is 0 Å². The number of amides is 1. The van der Waals surface area contributed by atoms with Crippen molar-refractivity contribution in [3.8, 4) is 11.5 Å². The number of carbonyl (C=O) groups is 1. The normalized spacial score (nSPS) is 17.0. The number of pyridine rings is 1. The summed E-state index contributed by atoms with van der Waals surface area (Å²) in [4.78, 5) is 18.8. The number of hydrogen-bond acceptors (Lipinski definition) is 4. The highest BCUT2D eigenvalue weighted by atomic mass is 35.5. The first kappa shape index (κ1) is 16.6. The molecule has 2 aromatic rings. The minimum Gasteiger partial charge on any atom is -0.497 e. The van der Waals surface area contributed by atoms with Crippen molar-refractivity contribution in [1.82, 2.24) is 9.88 Å². The first-order valence-corrected chi connectivity index (χ1v) is 8.17. The highest BCUT2D eigenvalue weighted by Crippen LogP contribution is 2.39. The molecular weight excluding hydrogens is 328 g/mol. The van der Waals surface area contributed by atoms with Crippen molar-refractivity contribution in [2.24, 2.45) is 0 Å². The first-order chi connectivity index (χ1) is 11.7. The lowest BCUT2D eigenvalue weighted by Gasteiger charge is -2.27. The lowest BCUT2D eigenvalue weighted by Crippen LogP contribution is -2.31. The van der Waals surface area contributed by atoms with Crippen LogP contribution >= 0.6 is 11.6 Å². The molecule has 2 heterocycles. The van der Waals surface area contributed by atoms with Gasteiger partial charge in [-0.2, -0.15) is 0 Å². The van der Waals surface area contributed by atoms with Gasteiger partial charge in [0, 0.05) is 18.3 Å². The fourth-order valence-corrected chi connectivity index (χ4v) is 3.33. The Balaban J connectivity index is 1.97. The molecular formula is C18H19ClN2O3. The topological polar surface area (TPSA) is 51.7 Å². The van der Waals surface area contributed by atoms with Crippen molar-refractivity contribution >= 4 is 17.5 Å². The molecule has 1 atom stereocenters. The van der Waals surface area contributed by atoms with Gasteiger partial charge in [-0.3, -0.25) is 4.79 Å². The van der Waals surface area contributed by atoms with Crippen molar-refractivity contribution in [1.29, 1.82) is 0 Å². The zero-order valence-corrected chi connectivity index (χ0v) is 14.4. The maximum Gasteiger partial charge on any atom is 0.257 e. The number of halogens is 1. The highest BCUT2D eigenvalue weighted by molar-refractivity contribution is 6.32. The van der Waals surface area contributed by atoms with E-state index in [9.17, 15) is 4.79 Å². The van der Waals surface area contributed by atoms with E-state index >= 15 is 0 Å². The van der Waals surface area contributed by atoms with E-state index in [4.69, 9.17) is 21.1 Å². The van der Waals surface area contributed by atoms with Crippen LogP contribution in [0.1, 0.15) is 34.8 Å². The van der Waals surface area contributed by atoms with Crippen LogP contribution in [0.25, 0.3) is 0 Å². The van der Waals surface area contributed by atoms with Crippen molar-refractivity contribution in [3.05, 3.63) is 52.8 Å². The van der Waals surface area contributed by atoms with Crippen molar-refractivity contribution in [2.45, 2.75) is 18.9 Å². The Morgan fingerprint density at radius 2 is 2.12 bits per heavy atom. The van der Waals surface area contributed by atoms with Gasteiger partial charge in [-0.05, 0) is 43.2 Å². The minimum absolute atomic E-state index is 0.0705. The van der Waals surface area contributed by atoms with Gasteiger partial charge in [0.15, 0.2) is 0 Å². The van der Waals surface area contributed by atoms with Crippen LogP contribution in [0.3, 0.4) is 0 Å². The molecule has 24 heavy (non-hydrogen) atoms. The summed E-state index contributed by atoms with van der Waals surface area (Å²) in [5.74, 6) is 1.38. The van der Waals surface area contributed by atoms with E-state index < -0.39 is 0 Å². The average Bonchev–Trinajstić information content (AvgIpc) is 3.10. The van der Waals surface area contributed by atoms with Crippen LogP contribution in [-0.4, -0.2) is 36.6 Å². The monoisotopic (exact) mass is 346 g/mol. The summed E-state index contributed by atoms with van der Waals surface area (Å²) in [6.07, 6.45) is 3.37. The van der Waals surface area contributed by atoms with Gasteiger partial charge in [0.1, 0.15) is 16.7 Å². The second kappa shape index (κ2) is 7.09. The smallest absolute Gasteiger partial charge is 0.257 e. The molecule has 0 N–H and O–H groups in total. The Morgan fingerprint density at radius 3 is 2.83 bits per heavy atom. The summed E-state index contributed by atoms with van der Waals surface area (Å²) < 4.78 is 10.8. The number of carbonyl (C=O) groups excluding carboxylic acids is 1. The Labute approximate surface area is 146 Å². The first-order valence-electron chi connectivity index (χ1n) is 7.79. The molecule has 1 aromatic heterocycles. The van der Waals surface area contributed by atoms with E-state index in [-0.39, 0.29) is 17.1 Å². The third-order valence-electron chi connectivity index (χ3n) is 4.30. The fraction of sp³-hybridized carbons (Fsp3) is 0.333. The molecule has 0 bridgehead atoms. The van der Waals surface area contributed by atoms with Crippen LogP contribution in [0.15, 0.2) is 36.5 Å².